The fraction of sp³-hybridized carbons (Fsp3) is 0.733. The normalized spacial score (nSPS) is 24.9. The standard InChI is InChI=1S/C15H23N3O4S/c1-2-3-13-10-14(16-22-13)15(19)18-7-5-17(6-8-18)12-4-9-23(20,21)11-12/h10,12H,2-9,11H2,1H3. The van der Waals surface area contributed by atoms with Crippen molar-refractivity contribution in [2.45, 2.75) is 32.2 Å². The number of nitrogens with zero attached hydrogens (tertiary/aromatic N) is 3. The molecule has 0 aliphatic carbocycles. The Labute approximate surface area is 136 Å². The van der Waals surface area contributed by atoms with Crippen molar-refractivity contribution >= 4 is 15.7 Å². The zero-order chi connectivity index (χ0) is 16.4. The van der Waals surface area contributed by atoms with Crippen molar-refractivity contribution in [3.05, 3.63) is 17.5 Å². The van der Waals surface area contributed by atoms with Crippen molar-refractivity contribution in [1.29, 1.82) is 0 Å². The largest absolute Gasteiger partial charge is 0.361 e. The molecule has 7 nitrogen and oxygen atoms in total. The Morgan fingerprint density at radius 2 is 2.09 bits per heavy atom. The second kappa shape index (κ2) is 6.60. The van der Waals surface area contributed by atoms with Gasteiger partial charge in [-0.05, 0) is 12.8 Å². The van der Waals surface area contributed by atoms with E-state index < -0.39 is 9.84 Å². The summed E-state index contributed by atoms with van der Waals surface area (Å²) in [6.07, 6.45) is 2.44. The van der Waals surface area contributed by atoms with Crippen LogP contribution >= 0.6 is 0 Å². The predicted molar refractivity (Wildman–Crippen MR) is 85.0 cm³/mol. The summed E-state index contributed by atoms with van der Waals surface area (Å²) in [5, 5.41) is 3.87. The van der Waals surface area contributed by atoms with Gasteiger partial charge in [0.1, 0.15) is 5.76 Å². The summed E-state index contributed by atoms with van der Waals surface area (Å²) in [7, 11) is -2.86. The number of rotatable bonds is 4. The Morgan fingerprint density at radius 3 is 2.70 bits per heavy atom. The summed E-state index contributed by atoms with van der Waals surface area (Å²) < 4.78 is 28.3. The zero-order valence-corrected chi connectivity index (χ0v) is 14.2. The molecular formula is C15H23N3O4S. The molecule has 1 atom stereocenters. The summed E-state index contributed by atoms with van der Waals surface area (Å²) in [4.78, 5) is 16.4. The molecule has 0 N–H and O–H groups in total. The first-order chi connectivity index (χ1) is 11.0. The van der Waals surface area contributed by atoms with Crippen LogP contribution in [0.15, 0.2) is 10.6 Å². The molecule has 3 heterocycles. The van der Waals surface area contributed by atoms with Crippen LogP contribution in [0.1, 0.15) is 36.0 Å². The van der Waals surface area contributed by atoms with Crippen molar-refractivity contribution in [2.75, 3.05) is 37.7 Å². The first-order valence-electron chi connectivity index (χ1n) is 8.18. The lowest BCUT2D eigenvalue weighted by Crippen LogP contribution is -2.52. The third-order valence-electron chi connectivity index (χ3n) is 4.60. The molecule has 1 amide bonds. The van der Waals surface area contributed by atoms with Gasteiger partial charge in [0.2, 0.25) is 0 Å². The van der Waals surface area contributed by atoms with E-state index in [1.165, 1.54) is 0 Å². The number of sulfone groups is 1. The van der Waals surface area contributed by atoms with E-state index in [4.69, 9.17) is 4.52 Å². The lowest BCUT2D eigenvalue weighted by molar-refractivity contribution is 0.0578. The van der Waals surface area contributed by atoms with Gasteiger partial charge in [-0.15, -0.1) is 0 Å². The number of carbonyl (C=O) groups is 1. The molecule has 1 unspecified atom stereocenters. The first-order valence-corrected chi connectivity index (χ1v) is 10.00. The van der Waals surface area contributed by atoms with Gasteiger partial charge in [0.05, 0.1) is 11.5 Å². The fourth-order valence-electron chi connectivity index (χ4n) is 3.29. The van der Waals surface area contributed by atoms with E-state index in [-0.39, 0.29) is 23.5 Å². The zero-order valence-electron chi connectivity index (χ0n) is 13.4. The average molecular weight is 341 g/mol. The maximum atomic E-state index is 12.4. The maximum Gasteiger partial charge on any atom is 0.276 e. The highest BCUT2D eigenvalue weighted by atomic mass is 32.2. The van der Waals surface area contributed by atoms with E-state index in [1.807, 2.05) is 6.92 Å². The van der Waals surface area contributed by atoms with Crippen LogP contribution in [-0.2, 0) is 16.3 Å². The molecule has 2 fully saturated rings. The number of hydrogen-bond acceptors (Lipinski definition) is 6. The molecule has 3 rings (SSSR count). The van der Waals surface area contributed by atoms with Crippen LogP contribution in [0.4, 0.5) is 0 Å². The van der Waals surface area contributed by atoms with Crippen LogP contribution in [0.25, 0.3) is 0 Å². The Balaban J connectivity index is 1.55. The quantitative estimate of drug-likeness (QED) is 0.796. The Hall–Kier alpha value is -1.41. The molecule has 2 aliphatic heterocycles. The fourth-order valence-corrected chi connectivity index (χ4v) is 5.06. The summed E-state index contributed by atoms with van der Waals surface area (Å²) in [6, 6.07) is 1.84. The van der Waals surface area contributed by atoms with Crippen LogP contribution in [0.5, 0.6) is 0 Å². The second-order valence-corrected chi connectivity index (χ2v) is 8.54. The molecule has 0 bridgehead atoms. The summed E-state index contributed by atoms with van der Waals surface area (Å²) in [6.45, 7) is 4.68. The van der Waals surface area contributed by atoms with Crippen LogP contribution in [0.3, 0.4) is 0 Å². The predicted octanol–water partition coefficient (Wildman–Crippen LogP) is 0.572. The van der Waals surface area contributed by atoms with Crippen LogP contribution in [0.2, 0.25) is 0 Å². The molecule has 0 saturated carbocycles. The second-order valence-electron chi connectivity index (χ2n) is 6.31. The van der Waals surface area contributed by atoms with Gasteiger partial charge in [-0.3, -0.25) is 9.69 Å². The molecule has 8 heteroatoms. The number of amides is 1. The van der Waals surface area contributed by atoms with Gasteiger partial charge in [-0.1, -0.05) is 12.1 Å². The SMILES string of the molecule is CCCc1cc(C(=O)N2CCN(C3CCS(=O)(=O)C3)CC2)no1. The van der Waals surface area contributed by atoms with Crippen LogP contribution in [0, 0.1) is 0 Å². The molecule has 1 aromatic rings. The van der Waals surface area contributed by atoms with E-state index in [0.29, 0.717) is 38.3 Å². The topological polar surface area (TPSA) is 83.7 Å². The van der Waals surface area contributed by atoms with Crippen LogP contribution in [-0.4, -0.2) is 73.0 Å². The summed E-state index contributed by atoms with van der Waals surface area (Å²) in [5.74, 6) is 1.18. The first kappa shape index (κ1) is 16.4. The minimum atomic E-state index is -2.86. The van der Waals surface area contributed by atoms with Gasteiger partial charge in [0.15, 0.2) is 15.5 Å². The molecule has 1 aromatic heterocycles. The van der Waals surface area contributed by atoms with Gasteiger partial charge < -0.3 is 9.42 Å². The Bertz CT molecular complexity index is 662. The third kappa shape index (κ3) is 3.74. The number of carbonyl (C=O) groups excluding carboxylic acids is 1. The highest BCUT2D eigenvalue weighted by Crippen LogP contribution is 2.20. The van der Waals surface area contributed by atoms with Crippen molar-refractivity contribution in [1.82, 2.24) is 15.0 Å². The van der Waals surface area contributed by atoms with Crippen molar-refractivity contribution in [3.8, 4) is 0 Å². The molecule has 0 aromatic carbocycles. The molecule has 2 saturated heterocycles. The summed E-state index contributed by atoms with van der Waals surface area (Å²) >= 11 is 0. The lowest BCUT2D eigenvalue weighted by Gasteiger charge is -2.37. The molecular weight excluding hydrogens is 318 g/mol. The number of aromatic nitrogens is 1. The molecule has 0 radical (unpaired) electrons. The average Bonchev–Trinajstić information content (AvgIpc) is 3.14. The van der Waals surface area contributed by atoms with Gasteiger partial charge >= 0.3 is 0 Å². The Kier molecular flexibility index (Phi) is 4.72. The highest BCUT2D eigenvalue weighted by Gasteiger charge is 2.34. The highest BCUT2D eigenvalue weighted by molar-refractivity contribution is 7.91. The van der Waals surface area contributed by atoms with Crippen LogP contribution < -0.4 is 0 Å². The minimum absolute atomic E-state index is 0.102. The minimum Gasteiger partial charge on any atom is -0.361 e. The maximum absolute atomic E-state index is 12.4. The van der Waals surface area contributed by atoms with Gasteiger partial charge in [0.25, 0.3) is 5.91 Å². The molecule has 2 aliphatic rings. The number of aryl methyl sites for hydroxylation is 1. The van der Waals surface area contributed by atoms with E-state index in [0.717, 1.165) is 18.6 Å². The van der Waals surface area contributed by atoms with Gasteiger partial charge in [0, 0.05) is 44.7 Å². The van der Waals surface area contributed by atoms with Crippen molar-refractivity contribution in [2.24, 2.45) is 0 Å². The monoisotopic (exact) mass is 341 g/mol. The third-order valence-corrected chi connectivity index (χ3v) is 6.35. The molecule has 128 valence electrons. The smallest absolute Gasteiger partial charge is 0.276 e. The van der Waals surface area contributed by atoms with E-state index in [9.17, 15) is 13.2 Å². The van der Waals surface area contributed by atoms with E-state index in [2.05, 4.69) is 10.1 Å². The molecule has 23 heavy (non-hydrogen) atoms. The van der Waals surface area contributed by atoms with E-state index in [1.54, 1.807) is 11.0 Å². The van der Waals surface area contributed by atoms with Gasteiger partial charge in [-0.25, -0.2) is 8.42 Å². The van der Waals surface area contributed by atoms with E-state index >= 15 is 0 Å². The molecule has 0 spiro atoms. The lowest BCUT2D eigenvalue weighted by atomic mass is 10.2. The Morgan fingerprint density at radius 1 is 1.35 bits per heavy atom. The number of hydrogen-bond donors (Lipinski definition) is 0. The van der Waals surface area contributed by atoms with Gasteiger partial charge in [-0.2, -0.15) is 0 Å². The summed E-state index contributed by atoms with van der Waals surface area (Å²) in [5.41, 5.74) is 0.366. The number of piperazine rings is 1. The van der Waals surface area contributed by atoms with Crippen molar-refractivity contribution in [3.63, 3.8) is 0 Å². The van der Waals surface area contributed by atoms with Crippen molar-refractivity contribution < 1.29 is 17.7 Å².